The van der Waals surface area contributed by atoms with Crippen molar-refractivity contribution in [3.05, 3.63) is 41.5 Å². The summed E-state index contributed by atoms with van der Waals surface area (Å²) in [6.07, 6.45) is 10.3. The van der Waals surface area contributed by atoms with Crippen molar-refractivity contribution in [1.29, 1.82) is 0 Å². The van der Waals surface area contributed by atoms with Crippen LogP contribution in [0.4, 0.5) is 4.79 Å². The predicted octanol–water partition coefficient (Wildman–Crippen LogP) is 5.37. The molecule has 1 amide bonds. The number of aryl methyl sites for hydroxylation is 1. The van der Waals surface area contributed by atoms with Crippen molar-refractivity contribution in [2.75, 3.05) is 13.2 Å². The third-order valence-corrected chi connectivity index (χ3v) is 4.70. The van der Waals surface area contributed by atoms with Gasteiger partial charge in [0.1, 0.15) is 11.4 Å². The van der Waals surface area contributed by atoms with Gasteiger partial charge in [0.2, 0.25) is 0 Å². The topological polar surface area (TPSA) is 47.6 Å². The monoisotopic (exact) mass is 373 g/mol. The minimum atomic E-state index is -0.448. The molecule has 0 saturated carbocycles. The van der Waals surface area contributed by atoms with Crippen LogP contribution < -0.4 is 10.1 Å². The van der Waals surface area contributed by atoms with Crippen molar-refractivity contribution >= 4 is 6.09 Å². The standard InChI is InChI=1S/C23H35NO3/c1-5-11-20-19-13-8-7-12-18(19)14-15-21(20)26-17-10-6-9-16-24-22(25)27-23(2,3)4/h5,14-15H,1,6-13,16-17H2,2-4H3,(H,24,25). The maximum Gasteiger partial charge on any atom is 0.407 e. The second kappa shape index (κ2) is 10.4. The van der Waals surface area contributed by atoms with Gasteiger partial charge in [0.05, 0.1) is 6.61 Å². The van der Waals surface area contributed by atoms with Crippen molar-refractivity contribution < 1.29 is 14.3 Å². The highest BCUT2D eigenvalue weighted by molar-refractivity contribution is 5.67. The van der Waals surface area contributed by atoms with E-state index in [1.165, 1.54) is 36.0 Å². The summed E-state index contributed by atoms with van der Waals surface area (Å²) in [5, 5.41) is 2.79. The zero-order valence-electron chi connectivity index (χ0n) is 17.2. The molecule has 1 N–H and O–H groups in total. The molecule has 0 saturated heterocycles. The number of carbonyl (C=O) groups is 1. The van der Waals surface area contributed by atoms with E-state index >= 15 is 0 Å². The third kappa shape index (κ3) is 7.28. The number of ether oxygens (including phenoxy) is 2. The molecule has 0 heterocycles. The van der Waals surface area contributed by atoms with Gasteiger partial charge in [-0.3, -0.25) is 0 Å². The van der Waals surface area contributed by atoms with Gasteiger partial charge < -0.3 is 14.8 Å². The van der Waals surface area contributed by atoms with Crippen LogP contribution in [-0.2, 0) is 24.0 Å². The third-order valence-electron chi connectivity index (χ3n) is 4.70. The Morgan fingerprint density at radius 2 is 1.96 bits per heavy atom. The van der Waals surface area contributed by atoms with Crippen LogP contribution in [0.15, 0.2) is 24.8 Å². The highest BCUT2D eigenvalue weighted by Crippen LogP contribution is 2.32. The summed E-state index contributed by atoms with van der Waals surface area (Å²) in [7, 11) is 0. The molecule has 150 valence electrons. The summed E-state index contributed by atoms with van der Waals surface area (Å²) >= 11 is 0. The van der Waals surface area contributed by atoms with E-state index in [-0.39, 0.29) is 6.09 Å². The molecule has 2 rings (SSSR count). The first kappa shape index (κ1) is 21.3. The molecule has 27 heavy (non-hydrogen) atoms. The molecule has 1 aromatic rings. The number of hydrogen-bond donors (Lipinski definition) is 1. The lowest BCUT2D eigenvalue weighted by Gasteiger charge is -2.22. The summed E-state index contributed by atoms with van der Waals surface area (Å²) in [6, 6.07) is 4.37. The van der Waals surface area contributed by atoms with Gasteiger partial charge >= 0.3 is 6.09 Å². The van der Waals surface area contributed by atoms with Crippen molar-refractivity contribution in [3.8, 4) is 5.75 Å². The average molecular weight is 374 g/mol. The number of rotatable bonds is 9. The average Bonchev–Trinajstić information content (AvgIpc) is 2.61. The number of alkyl carbamates (subject to hydrolysis) is 1. The summed E-state index contributed by atoms with van der Waals surface area (Å²) in [6.45, 7) is 10.8. The zero-order chi connectivity index (χ0) is 19.7. The van der Waals surface area contributed by atoms with Crippen molar-refractivity contribution in [2.24, 2.45) is 0 Å². The van der Waals surface area contributed by atoms with Crippen LogP contribution in [0.25, 0.3) is 0 Å². The molecule has 0 unspecified atom stereocenters. The van der Waals surface area contributed by atoms with Crippen LogP contribution in [0.2, 0.25) is 0 Å². The molecule has 4 heteroatoms. The Morgan fingerprint density at radius 1 is 1.19 bits per heavy atom. The van der Waals surface area contributed by atoms with E-state index in [2.05, 4.69) is 24.0 Å². The van der Waals surface area contributed by atoms with Crippen molar-refractivity contribution in [1.82, 2.24) is 5.32 Å². The van der Waals surface area contributed by atoms with Gasteiger partial charge in [-0.05, 0) is 89.3 Å². The lowest BCUT2D eigenvalue weighted by Crippen LogP contribution is -2.33. The minimum absolute atomic E-state index is 0.345. The molecule has 0 fully saturated rings. The number of benzene rings is 1. The highest BCUT2D eigenvalue weighted by Gasteiger charge is 2.17. The molecule has 1 aromatic carbocycles. The van der Waals surface area contributed by atoms with E-state index in [0.29, 0.717) is 13.2 Å². The van der Waals surface area contributed by atoms with Gasteiger partial charge in [-0.15, -0.1) is 6.58 Å². The lowest BCUT2D eigenvalue weighted by atomic mass is 9.87. The van der Waals surface area contributed by atoms with E-state index in [1.54, 1.807) is 0 Å². The SMILES string of the molecule is C=CCc1c(OCCCCCNC(=O)OC(C)(C)C)ccc2c1CCCC2. The molecular formula is C23H35NO3. The second-order valence-corrected chi connectivity index (χ2v) is 8.22. The van der Waals surface area contributed by atoms with E-state index in [9.17, 15) is 4.79 Å². The van der Waals surface area contributed by atoms with Gasteiger partial charge in [0, 0.05) is 12.1 Å². The van der Waals surface area contributed by atoms with Gasteiger partial charge in [-0.1, -0.05) is 12.1 Å². The van der Waals surface area contributed by atoms with E-state index < -0.39 is 5.60 Å². The molecule has 0 radical (unpaired) electrons. The molecule has 4 nitrogen and oxygen atoms in total. The smallest absolute Gasteiger partial charge is 0.407 e. The quantitative estimate of drug-likeness (QED) is 0.468. The molecule has 0 aliphatic heterocycles. The molecule has 0 aromatic heterocycles. The molecule has 0 atom stereocenters. The predicted molar refractivity (Wildman–Crippen MR) is 111 cm³/mol. The van der Waals surface area contributed by atoms with E-state index in [4.69, 9.17) is 9.47 Å². The first-order chi connectivity index (χ1) is 12.9. The van der Waals surface area contributed by atoms with Crippen molar-refractivity contribution in [2.45, 2.75) is 77.7 Å². The Kier molecular flexibility index (Phi) is 8.21. The highest BCUT2D eigenvalue weighted by atomic mass is 16.6. The number of amides is 1. The first-order valence-corrected chi connectivity index (χ1v) is 10.2. The Morgan fingerprint density at radius 3 is 2.70 bits per heavy atom. The summed E-state index contributed by atoms with van der Waals surface area (Å²) < 4.78 is 11.3. The maximum atomic E-state index is 11.6. The Balaban J connectivity index is 1.71. The molecule has 1 aliphatic rings. The van der Waals surface area contributed by atoms with Gasteiger partial charge in [0.15, 0.2) is 0 Å². The second-order valence-electron chi connectivity index (χ2n) is 8.22. The first-order valence-electron chi connectivity index (χ1n) is 10.2. The van der Waals surface area contributed by atoms with Crippen LogP contribution in [0, 0.1) is 0 Å². The minimum Gasteiger partial charge on any atom is -0.493 e. The Bertz CT molecular complexity index is 631. The fourth-order valence-corrected chi connectivity index (χ4v) is 3.48. The van der Waals surface area contributed by atoms with Gasteiger partial charge in [-0.25, -0.2) is 4.79 Å². The van der Waals surface area contributed by atoms with Crippen LogP contribution in [0.5, 0.6) is 5.75 Å². The fraction of sp³-hybridized carbons (Fsp3) is 0.609. The number of unbranched alkanes of at least 4 members (excludes halogenated alkanes) is 2. The number of hydrogen-bond acceptors (Lipinski definition) is 3. The largest absolute Gasteiger partial charge is 0.493 e. The molecule has 1 aliphatic carbocycles. The fourth-order valence-electron chi connectivity index (χ4n) is 3.48. The summed E-state index contributed by atoms with van der Waals surface area (Å²) in [4.78, 5) is 11.6. The van der Waals surface area contributed by atoms with Crippen LogP contribution in [-0.4, -0.2) is 24.8 Å². The molecule has 0 spiro atoms. The Hall–Kier alpha value is -1.97. The number of allylic oxidation sites excluding steroid dienone is 1. The number of nitrogens with one attached hydrogen (secondary N) is 1. The molecular weight excluding hydrogens is 338 g/mol. The summed E-state index contributed by atoms with van der Waals surface area (Å²) in [5.41, 5.74) is 3.85. The Labute approximate surface area is 164 Å². The summed E-state index contributed by atoms with van der Waals surface area (Å²) in [5.74, 6) is 1.02. The number of fused-ring (bicyclic) bond motifs is 1. The van der Waals surface area contributed by atoms with Crippen LogP contribution >= 0.6 is 0 Å². The zero-order valence-corrected chi connectivity index (χ0v) is 17.2. The van der Waals surface area contributed by atoms with Crippen LogP contribution in [0.3, 0.4) is 0 Å². The maximum absolute atomic E-state index is 11.6. The number of carbonyl (C=O) groups excluding carboxylic acids is 1. The van der Waals surface area contributed by atoms with E-state index in [0.717, 1.165) is 37.9 Å². The van der Waals surface area contributed by atoms with Crippen LogP contribution in [0.1, 0.15) is 69.6 Å². The van der Waals surface area contributed by atoms with Gasteiger partial charge in [0.25, 0.3) is 0 Å². The van der Waals surface area contributed by atoms with Gasteiger partial charge in [-0.2, -0.15) is 0 Å². The van der Waals surface area contributed by atoms with Crippen molar-refractivity contribution in [3.63, 3.8) is 0 Å². The molecule has 0 bridgehead atoms. The lowest BCUT2D eigenvalue weighted by molar-refractivity contribution is 0.0527. The normalized spacial score (nSPS) is 13.6. The van der Waals surface area contributed by atoms with E-state index in [1.807, 2.05) is 26.8 Å².